The lowest BCUT2D eigenvalue weighted by molar-refractivity contribution is 0.250. The maximum Gasteiger partial charge on any atom is 0.347 e. The molecule has 0 N–H and O–H groups in total. The van der Waals surface area contributed by atoms with Crippen LogP contribution in [0.15, 0.2) is 34.0 Å². The lowest BCUT2D eigenvalue weighted by Crippen LogP contribution is -2.46. The second-order valence-electron chi connectivity index (χ2n) is 6.68. The number of hydrogen-bond donors (Lipinski definition) is 0. The summed E-state index contributed by atoms with van der Waals surface area (Å²) in [6, 6.07) is 5.75. The van der Waals surface area contributed by atoms with Gasteiger partial charge in [-0.05, 0) is 37.6 Å². The quantitative estimate of drug-likeness (QED) is 0.678. The summed E-state index contributed by atoms with van der Waals surface area (Å²) in [5.74, 6) is 0. The van der Waals surface area contributed by atoms with E-state index < -0.39 is 0 Å². The number of anilines is 1. The fraction of sp³-hybridized carbons (Fsp3) is 0.500. The number of hydrogen-bond acceptors (Lipinski definition) is 5. The summed E-state index contributed by atoms with van der Waals surface area (Å²) in [5.41, 5.74) is 0.359. The van der Waals surface area contributed by atoms with Crippen LogP contribution in [-0.4, -0.2) is 52.0 Å². The maximum atomic E-state index is 11.9. The average molecular weight is 412 g/mol. The number of nitrogens with zero attached hydrogens (tertiary/aromatic N) is 5. The second-order valence-corrected chi connectivity index (χ2v) is 7.50. The van der Waals surface area contributed by atoms with Crippen molar-refractivity contribution in [2.45, 2.75) is 19.4 Å². The van der Waals surface area contributed by atoms with Gasteiger partial charge in [-0.15, -0.1) is 0 Å². The van der Waals surface area contributed by atoms with E-state index in [9.17, 15) is 9.59 Å². The summed E-state index contributed by atoms with van der Waals surface area (Å²) in [5, 5.41) is 5.07. The van der Waals surface area contributed by atoms with Gasteiger partial charge >= 0.3 is 5.69 Å². The Hall–Kier alpha value is -1.83. The Kier molecular flexibility index (Phi) is 6.57. The van der Waals surface area contributed by atoms with Gasteiger partial charge in [-0.1, -0.05) is 23.2 Å². The monoisotopic (exact) mass is 411 g/mol. The van der Waals surface area contributed by atoms with E-state index in [2.05, 4.69) is 14.9 Å². The van der Waals surface area contributed by atoms with Crippen molar-refractivity contribution in [3.63, 3.8) is 0 Å². The highest BCUT2D eigenvalue weighted by Crippen LogP contribution is 2.27. The molecule has 0 unspecified atom stereocenters. The van der Waals surface area contributed by atoms with Crippen LogP contribution in [0.3, 0.4) is 0 Å². The van der Waals surface area contributed by atoms with Crippen LogP contribution in [-0.2, 0) is 13.6 Å². The van der Waals surface area contributed by atoms with E-state index in [-0.39, 0.29) is 11.2 Å². The minimum absolute atomic E-state index is 0.363. The number of unbranched alkanes of at least 4 members (excludes halogenated alkanes) is 1. The number of halogens is 2. The van der Waals surface area contributed by atoms with Gasteiger partial charge in [0.1, 0.15) is 6.20 Å². The van der Waals surface area contributed by atoms with E-state index in [1.54, 1.807) is 0 Å². The van der Waals surface area contributed by atoms with Gasteiger partial charge in [0.2, 0.25) is 0 Å². The fourth-order valence-electron chi connectivity index (χ4n) is 3.18. The highest BCUT2D eigenvalue weighted by molar-refractivity contribution is 6.42. The third-order valence-electron chi connectivity index (χ3n) is 4.88. The largest absolute Gasteiger partial charge is 0.369 e. The van der Waals surface area contributed by atoms with Gasteiger partial charge in [-0.25, -0.2) is 9.48 Å². The minimum Gasteiger partial charge on any atom is -0.369 e. The zero-order chi connectivity index (χ0) is 19.4. The van der Waals surface area contributed by atoms with E-state index in [0.29, 0.717) is 16.6 Å². The first kappa shape index (κ1) is 19.9. The molecule has 0 spiro atoms. The SMILES string of the molecule is Cn1c(=O)cnn(CCCCN2CCN(c3ccc(Cl)c(Cl)c3)CC2)c1=O. The Labute approximate surface area is 167 Å². The van der Waals surface area contributed by atoms with Crippen molar-refractivity contribution in [2.75, 3.05) is 37.6 Å². The average Bonchev–Trinajstić information content (AvgIpc) is 2.67. The minimum atomic E-state index is -0.379. The highest BCUT2D eigenvalue weighted by atomic mass is 35.5. The van der Waals surface area contributed by atoms with Crippen molar-refractivity contribution in [3.05, 3.63) is 55.3 Å². The Bertz CT molecular complexity index is 903. The standard InChI is InChI=1S/C18H23Cl2N5O2/c1-22-17(26)13-21-25(18(22)27)7-3-2-6-23-8-10-24(11-9-23)14-4-5-15(19)16(20)12-14/h4-5,12-13H,2-3,6-11H2,1H3. The number of piperazine rings is 1. The third-order valence-corrected chi connectivity index (χ3v) is 5.62. The summed E-state index contributed by atoms with van der Waals surface area (Å²) in [4.78, 5) is 28.0. The zero-order valence-corrected chi connectivity index (χ0v) is 16.8. The Morgan fingerprint density at radius 3 is 2.41 bits per heavy atom. The van der Waals surface area contributed by atoms with Crippen molar-refractivity contribution < 1.29 is 0 Å². The van der Waals surface area contributed by atoms with Crippen molar-refractivity contribution in [3.8, 4) is 0 Å². The van der Waals surface area contributed by atoms with Gasteiger partial charge in [0.25, 0.3) is 5.56 Å². The van der Waals surface area contributed by atoms with Crippen LogP contribution in [0.2, 0.25) is 10.0 Å². The molecule has 9 heteroatoms. The van der Waals surface area contributed by atoms with Crippen LogP contribution < -0.4 is 16.1 Å². The fourth-order valence-corrected chi connectivity index (χ4v) is 3.48. The van der Waals surface area contributed by atoms with Gasteiger partial charge < -0.3 is 4.90 Å². The first-order chi connectivity index (χ1) is 13.0. The molecule has 146 valence electrons. The molecule has 1 fully saturated rings. The molecule has 1 aromatic carbocycles. The first-order valence-electron chi connectivity index (χ1n) is 9.01. The molecule has 0 saturated carbocycles. The van der Waals surface area contributed by atoms with Crippen LogP contribution in [0.25, 0.3) is 0 Å². The van der Waals surface area contributed by atoms with E-state index >= 15 is 0 Å². The van der Waals surface area contributed by atoms with E-state index in [0.717, 1.165) is 55.8 Å². The molecule has 0 radical (unpaired) electrons. The molecule has 1 aliphatic heterocycles. The molecule has 0 bridgehead atoms. The van der Waals surface area contributed by atoms with Gasteiger partial charge in [-0.3, -0.25) is 14.3 Å². The summed E-state index contributed by atoms with van der Waals surface area (Å²) < 4.78 is 2.43. The second kappa shape index (κ2) is 8.91. The smallest absolute Gasteiger partial charge is 0.347 e. The predicted molar refractivity (Wildman–Crippen MR) is 108 cm³/mol. The van der Waals surface area contributed by atoms with Crippen molar-refractivity contribution in [1.82, 2.24) is 19.2 Å². The molecular formula is C18H23Cl2N5O2. The van der Waals surface area contributed by atoms with Crippen LogP contribution in [0.4, 0.5) is 5.69 Å². The van der Waals surface area contributed by atoms with Crippen molar-refractivity contribution in [1.29, 1.82) is 0 Å². The lowest BCUT2D eigenvalue weighted by atomic mass is 10.2. The number of rotatable bonds is 6. The molecule has 2 aromatic rings. The van der Waals surface area contributed by atoms with Crippen LogP contribution in [0.5, 0.6) is 0 Å². The summed E-state index contributed by atoms with van der Waals surface area (Å²) >= 11 is 12.1. The van der Waals surface area contributed by atoms with Gasteiger partial charge in [-0.2, -0.15) is 5.10 Å². The summed E-state index contributed by atoms with van der Waals surface area (Å²) in [6.45, 7) is 5.36. The topological polar surface area (TPSA) is 63.4 Å². The normalized spacial score (nSPS) is 15.3. The van der Waals surface area contributed by atoms with Gasteiger partial charge in [0.15, 0.2) is 0 Å². The summed E-state index contributed by atoms with van der Waals surface area (Å²) in [6.07, 6.45) is 3.01. The Balaban J connectivity index is 1.42. The first-order valence-corrected chi connectivity index (χ1v) is 9.77. The van der Waals surface area contributed by atoms with Gasteiger partial charge in [0, 0.05) is 45.5 Å². The molecule has 3 rings (SSSR count). The molecule has 0 atom stereocenters. The Morgan fingerprint density at radius 2 is 1.70 bits per heavy atom. The van der Waals surface area contributed by atoms with Gasteiger partial charge in [0.05, 0.1) is 10.0 Å². The molecule has 7 nitrogen and oxygen atoms in total. The van der Waals surface area contributed by atoms with Crippen molar-refractivity contribution >= 4 is 28.9 Å². The van der Waals surface area contributed by atoms with Crippen LogP contribution in [0, 0.1) is 0 Å². The molecule has 1 aliphatic rings. The van der Waals surface area contributed by atoms with Crippen molar-refractivity contribution in [2.24, 2.45) is 7.05 Å². The maximum absolute atomic E-state index is 11.9. The molecule has 0 aliphatic carbocycles. The predicted octanol–water partition coefficient (Wildman–Crippen LogP) is 1.85. The Morgan fingerprint density at radius 1 is 1.00 bits per heavy atom. The molecule has 2 heterocycles. The molecule has 1 saturated heterocycles. The van der Waals surface area contributed by atoms with E-state index in [4.69, 9.17) is 23.2 Å². The summed E-state index contributed by atoms with van der Waals surface area (Å²) in [7, 11) is 1.47. The molecule has 1 aromatic heterocycles. The molecular weight excluding hydrogens is 389 g/mol. The number of aryl methyl sites for hydroxylation is 1. The molecule has 27 heavy (non-hydrogen) atoms. The van der Waals surface area contributed by atoms with Crippen LogP contribution in [0.1, 0.15) is 12.8 Å². The third kappa shape index (κ3) is 4.91. The molecule has 0 amide bonds. The van der Waals surface area contributed by atoms with E-state index in [1.807, 2.05) is 18.2 Å². The zero-order valence-electron chi connectivity index (χ0n) is 15.3. The van der Waals surface area contributed by atoms with Crippen LogP contribution >= 0.6 is 23.2 Å². The number of benzene rings is 1. The lowest BCUT2D eigenvalue weighted by Gasteiger charge is -2.36. The van der Waals surface area contributed by atoms with E-state index in [1.165, 1.54) is 17.9 Å². The number of aromatic nitrogens is 3. The highest BCUT2D eigenvalue weighted by Gasteiger charge is 2.17.